The van der Waals surface area contributed by atoms with Gasteiger partial charge in [0.15, 0.2) is 6.29 Å². The molecule has 2 N–H and O–H groups in total. The van der Waals surface area contributed by atoms with Gasteiger partial charge in [0, 0.05) is 37.6 Å². The van der Waals surface area contributed by atoms with Gasteiger partial charge in [-0.15, -0.1) is 0 Å². The summed E-state index contributed by atoms with van der Waals surface area (Å²) in [6, 6.07) is 6.37. The maximum absolute atomic E-state index is 12.9. The third kappa shape index (κ3) is 5.00. The Morgan fingerprint density at radius 2 is 1.93 bits per heavy atom. The third-order valence-corrected chi connectivity index (χ3v) is 8.01. The molecule has 2 rings (SSSR count). The van der Waals surface area contributed by atoms with Gasteiger partial charge in [0.25, 0.3) is 0 Å². The van der Waals surface area contributed by atoms with Gasteiger partial charge in [-0.1, -0.05) is 32.6 Å². The first-order valence-corrected chi connectivity index (χ1v) is 11.9. The topological polar surface area (TPSA) is 113 Å². The molecule has 1 aromatic carbocycles. The van der Waals surface area contributed by atoms with Crippen molar-refractivity contribution in [3.63, 3.8) is 0 Å². The minimum Gasteiger partial charge on any atom is -0.367 e. The first-order valence-electron chi connectivity index (χ1n) is 8.87. The van der Waals surface area contributed by atoms with E-state index in [1.54, 1.807) is 26.0 Å². The van der Waals surface area contributed by atoms with Crippen LogP contribution in [0.2, 0.25) is 0 Å². The molecule has 8 nitrogen and oxygen atoms in total. The zero-order chi connectivity index (χ0) is 21.2. The van der Waals surface area contributed by atoms with Crippen LogP contribution in [0.4, 0.5) is 0 Å². The van der Waals surface area contributed by atoms with Crippen LogP contribution in [0.1, 0.15) is 25.8 Å². The second-order valence-corrected chi connectivity index (χ2v) is 11.1. The van der Waals surface area contributed by atoms with Crippen molar-refractivity contribution in [3.8, 4) is 0 Å². The molecule has 0 aromatic heterocycles. The van der Waals surface area contributed by atoms with Crippen LogP contribution in [-0.2, 0) is 30.2 Å². The first-order chi connectivity index (χ1) is 12.9. The number of sulfonamides is 2. The van der Waals surface area contributed by atoms with E-state index in [0.717, 1.165) is 11.0 Å². The van der Waals surface area contributed by atoms with Crippen LogP contribution < -0.4 is 4.72 Å². The SMILES string of the molecule is C=CS(=O)(=O)NC[C@H]1CCN(S(=O)(=O)c2ccc(C(C)(C)C(O)OC)cc2)C1. The lowest BCUT2D eigenvalue weighted by molar-refractivity contribution is -0.117. The van der Waals surface area contributed by atoms with Crippen molar-refractivity contribution in [1.29, 1.82) is 0 Å². The van der Waals surface area contributed by atoms with Gasteiger partial charge in [0.2, 0.25) is 20.0 Å². The van der Waals surface area contributed by atoms with Crippen molar-refractivity contribution in [2.45, 2.75) is 36.9 Å². The molecule has 1 aliphatic rings. The van der Waals surface area contributed by atoms with Crippen LogP contribution in [0.25, 0.3) is 0 Å². The largest absolute Gasteiger partial charge is 0.367 e. The van der Waals surface area contributed by atoms with Gasteiger partial charge in [0.05, 0.1) is 4.90 Å². The second-order valence-electron chi connectivity index (χ2n) is 7.41. The third-order valence-electron chi connectivity index (χ3n) is 5.12. The predicted molar refractivity (Wildman–Crippen MR) is 106 cm³/mol. The summed E-state index contributed by atoms with van der Waals surface area (Å²) in [5, 5.41) is 10.8. The molecule has 0 bridgehead atoms. The molecular formula is C18H28N2O6S2. The highest BCUT2D eigenvalue weighted by Gasteiger charge is 2.34. The lowest BCUT2D eigenvalue weighted by Crippen LogP contribution is -2.35. The molecule has 1 aliphatic heterocycles. The lowest BCUT2D eigenvalue weighted by Gasteiger charge is -2.30. The zero-order valence-corrected chi connectivity index (χ0v) is 18.0. The summed E-state index contributed by atoms with van der Waals surface area (Å²) in [6.45, 7) is 7.59. The highest BCUT2D eigenvalue weighted by atomic mass is 32.2. The van der Waals surface area contributed by atoms with Crippen LogP contribution in [0.3, 0.4) is 0 Å². The summed E-state index contributed by atoms with van der Waals surface area (Å²) in [7, 11) is -5.79. The van der Waals surface area contributed by atoms with Crippen LogP contribution >= 0.6 is 0 Å². The average Bonchev–Trinajstić information content (AvgIpc) is 3.16. The van der Waals surface area contributed by atoms with E-state index in [-0.39, 0.29) is 23.9 Å². The minimum atomic E-state index is -3.68. The van der Waals surface area contributed by atoms with Gasteiger partial charge in [-0.2, -0.15) is 4.31 Å². The number of hydrogen-bond donors (Lipinski definition) is 2. The number of nitrogens with zero attached hydrogens (tertiary/aromatic N) is 1. The number of methoxy groups -OCH3 is 1. The Kier molecular flexibility index (Phi) is 7.06. The van der Waals surface area contributed by atoms with E-state index in [0.29, 0.717) is 13.0 Å². The van der Waals surface area contributed by atoms with E-state index >= 15 is 0 Å². The molecular weight excluding hydrogens is 404 g/mol. The fraction of sp³-hybridized carbons (Fsp3) is 0.556. The van der Waals surface area contributed by atoms with E-state index < -0.39 is 31.8 Å². The van der Waals surface area contributed by atoms with E-state index in [2.05, 4.69) is 11.3 Å². The normalized spacial score (nSPS) is 20.2. The maximum atomic E-state index is 12.9. The Bertz CT molecular complexity index is 895. The fourth-order valence-electron chi connectivity index (χ4n) is 3.12. The van der Waals surface area contributed by atoms with Crippen LogP contribution in [0.15, 0.2) is 41.1 Å². The molecule has 10 heteroatoms. The number of ether oxygens (including phenoxy) is 1. The molecule has 0 saturated carbocycles. The molecule has 158 valence electrons. The lowest BCUT2D eigenvalue weighted by atomic mass is 9.84. The van der Waals surface area contributed by atoms with E-state index in [1.807, 2.05) is 0 Å². The molecule has 28 heavy (non-hydrogen) atoms. The van der Waals surface area contributed by atoms with E-state index in [4.69, 9.17) is 4.74 Å². The highest BCUT2D eigenvalue weighted by molar-refractivity contribution is 7.92. The highest BCUT2D eigenvalue weighted by Crippen LogP contribution is 2.30. The Labute approximate surface area is 167 Å². The van der Waals surface area contributed by atoms with Gasteiger partial charge in [-0.05, 0) is 30.0 Å². The summed E-state index contributed by atoms with van der Waals surface area (Å²) < 4.78 is 57.4. The Morgan fingerprint density at radius 1 is 1.32 bits per heavy atom. The van der Waals surface area contributed by atoms with Crippen molar-refractivity contribution >= 4 is 20.0 Å². The number of nitrogens with one attached hydrogen (secondary N) is 1. The van der Waals surface area contributed by atoms with E-state index in [1.165, 1.54) is 23.5 Å². The molecule has 0 spiro atoms. The summed E-state index contributed by atoms with van der Waals surface area (Å²) in [6.07, 6.45) is -0.446. The molecule has 1 unspecified atom stereocenters. The molecule has 1 saturated heterocycles. The molecule has 0 aliphatic carbocycles. The molecule has 1 fully saturated rings. The van der Waals surface area contributed by atoms with Gasteiger partial charge in [0.1, 0.15) is 0 Å². The van der Waals surface area contributed by atoms with Crippen molar-refractivity contribution in [1.82, 2.24) is 9.03 Å². The van der Waals surface area contributed by atoms with Gasteiger partial charge in [-0.25, -0.2) is 21.6 Å². The molecule has 0 radical (unpaired) electrons. The first kappa shape index (κ1) is 23.0. The number of aliphatic hydroxyl groups excluding tert-OH is 1. The number of aliphatic hydroxyl groups is 1. The predicted octanol–water partition coefficient (Wildman–Crippen LogP) is 1.00. The maximum Gasteiger partial charge on any atom is 0.243 e. The Balaban J connectivity index is 2.10. The fourth-order valence-corrected chi connectivity index (χ4v) is 5.23. The number of benzene rings is 1. The Hall–Kier alpha value is -1.30. The second kappa shape index (κ2) is 8.60. The van der Waals surface area contributed by atoms with Crippen molar-refractivity contribution in [2.24, 2.45) is 5.92 Å². The smallest absolute Gasteiger partial charge is 0.243 e. The Morgan fingerprint density at radius 3 is 2.46 bits per heavy atom. The van der Waals surface area contributed by atoms with Gasteiger partial charge < -0.3 is 9.84 Å². The van der Waals surface area contributed by atoms with Gasteiger partial charge >= 0.3 is 0 Å². The summed E-state index contributed by atoms with van der Waals surface area (Å²) in [5.74, 6) is -0.0976. The molecule has 0 amide bonds. The monoisotopic (exact) mass is 432 g/mol. The minimum absolute atomic E-state index is 0.0976. The summed E-state index contributed by atoms with van der Waals surface area (Å²) in [4.78, 5) is 0.159. The summed E-state index contributed by atoms with van der Waals surface area (Å²) in [5.41, 5.74) is 0.0527. The zero-order valence-electron chi connectivity index (χ0n) is 16.3. The van der Waals surface area contributed by atoms with Crippen LogP contribution in [0, 0.1) is 5.92 Å². The molecule has 1 heterocycles. The van der Waals surface area contributed by atoms with Crippen molar-refractivity contribution < 1.29 is 26.7 Å². The standard InChI is InChI=1S/C18H28N2O6S2/c1-5-27(22,23)19-12-14-10-11-20(13-14)28(24,25)16-8-6-15(7-9-16)18(2,3)17(21)26-4/h5-9,14,17,19,21H,1,10-13H2,2-4H3/t14-,17?/m1/s1. The van der Waals surface area contributed by atoms with Crippen molar-refractivity contribution in [3.05, 3.63) is 41.8 Å². The molecule has 1 aromatic rings. The van der Waals surface area contributed by atoms with E-state index in [9.17, 15) is 21.9 Å². The van der Waals surface area contributed by atoms with Gasteiger partial charge in [-0.3, -0.25) is 0 Å². The number of hydrogen-bond acceptors (Lipinski definition) is 6. The quantitative estimate of drug-likeness (QED) is 0.563. The van der Waals surface area contributed by atoms with Crippen molar-refractivity contribution in [2.75, 3.05) is 26.7 Å². The van der Waals surface area contributed by atoms with Crippen LogP contribution in [-0.4, -0.2) is 59.3 Å². The van der Waals surface area contributed by atoms with Crippen LogP contribution in [0.5, 0.6) is 0 Å². The molecule has 2 atom stereocenters. The number of rotatable bonds is 9. The average molecular weight is 433 g/mol. The summed E-state index contributed by atoms with van der Waals surface area (Å²) >= 11 is 0.